The van der Waals surface area contributed by atoms with Gasteiger partial charge in [-0.2, -0.15) is 0 Å². The number of aryl methyl sites for hydroxylation is 1. The number of aromatic nitrogens is 1. The molecule has 0 aromatic carbocycles. The number of pyridine rings is 1. The van der Waals surface area contributed by atoms with Crippen LogP contribution in [0.25, 0.3) is 0 Å². The van der Waals surface area contributed by atoms with Gasteiger partial charge >= 0.3 is 0 Å². The first-order valence-electron chi connectivity index (χ1n) is 7.57. The monoisotopic (exact) mass is 352 g/mol. The van der Waals surface area contributed by atoms with Gasteiger partial charge in [-0.25, -0.2) is 4.98 Å². The standard InChI is InChI=1S/C16H20N4OS.ClH/c1-2-12-5-10-22-15(12)16(21)19-14-4-3-13(11-18-14)20-8-6-17-7-9-20;/h3-5,10-11,17H,2,6-9H2,1H3,(H,18,19,21);1H. The Morgan fingerprint density at radius 1 is 1.35 bits per heavy atom. The molecule has 5 nitrogen and oxygen atoms in total. The molecule has 0 spiro atoms. The highest BCUT2D eigenvalue weighted by Crippen LogP contribution is 2.20. The molecule has 2 aromatic rings. The van der Waals surface area contributed by atoms with Crippen molar-refractivity contribution in [1.82, 2.24) is 10.3 Å². The number of nitrogens with one attached hydrogen (secondary N) is 2. The van der Waals surface area contributed by atoms with Gasteiger partial charge in [0.05, 0.1) is 16.8 Å². The van der Waals surface area contributed by atoms with Crippen LogP contribution < -0.4 is 15.5 Å². The highest BCUT2D eigenvalue weighted by Gasteiger charge is 2.14. The largest absolute Gasteiger partial charge is 0.368 e. The van der Waals surface area contributed by atoms with Crippen LogP contribution in [0.2, 0.25) is 0 Å². The number of rotatable bonds is 4. The molecule has 0 atom stereocenters. The number of piperazine rings is 1. The van der Waals surface area contributed by atoms with E-state index < -0.39 is 0 Å². The van der Waals surface area contributed by atoms with Crippen molar-refractivity contribution in [3.63, 3.8) is 0 Å². The van der Waals surface area contributed by atoms with Gasteiger partial charge in [0.15, 0.2) is 0 Å². The third kappa shape index (κ3) is 4.22. The maximum absolute atomic E-state index is 12.3. The van der Waals surface area contributed by atoms with Crippen molar-refractivity contribution in [3.8, 4) is 0 Å². The lowest BCUT2D eigenvalue weighted by molar-refractivity contribution is 0.102. The summed E-state index contributed by atoms with van der Waals surface area (Å²) in [5.74, 6) is 0.522. The third-order valence-electron chi connectivity index (χ3n) is 3.81. The first kappa shape index (κ1) is 17.7. The van der Waals surface area contributed by atoms with Gasteiger partial charge in [-0.3, -0.25) is 4.79 Å². The van der Waals surface area contributed by atoms with Crippen LogP contribution in [-0.2, 0) is 6.42 Å². The molecule has 1 aliphatic rings. The molecule has 0 bridgehead atoms. The lowest BCUT2D eigenvalue weighted by Gasteiger charge is -2.29. The fourth-order valence-electron chi connectivity index (χ4n) is 2.56. The Hall–Kier alpha value is -1.63. The molecule has 1 aliphatic heterocycles. The van der Waals surface area contributed by atoms with E-state index >= 15 is 0 Å². The number of hydrogen-bond donors (Lipinski definition) is 2. The SMILES string of the molecule is CCc1ccsc1C(=O)Nc1ccc(N2CCNCC2)cn1.Cl. The molecule has 0 aliphatic carbocycles. The Labute approximate surface area is 146 Å². The summed E-state index contributed by atoms with van der Waals surface area (Å²) < 4.78 is 0. The maximum Gasteiger partial charge on any atom is 0.267 e. The summed E-state index contributed by atoms with van der Waals surface area (Å²) in [5, 5.41) is 8.16. The number of carbonyl (C=O) groups excluding carboxylic acids is 1. The van der Waals surface area contributed by atoms with Crippen LogP contribution >= 0.6 is 23.7 Å². The number of carbonyl (C=O) groups is 1. The van der Waals surface area contributed by atoms with Crippen LogP contribution in [0.5, 0.6) is 0 Å². The zero-order chi connectivity index (χ0) is 15.4. The molecule has 0 saturated carbocycles. The Morgan fingerprint density at radius 2 is 2.13 bits per heavy atom. The normalized spacial score (nSPS) is 14.2. The van der Waals surface area contributed by atoms with Crippen LogP contribution in [0.3, 0.4) is 0 Å². The van der Waals surface area contributed by atoms with Crippen molar-refractivity contribution in [3.05, 3.63) is 40.2 Å². The van der Waals surface area contributed by atoms with Crippen molar-refractivity contribution >= 4 is 41.2 Å². The topological polar surface area (TPSA) is 57.3 Å². The highest BCUT2D eigenvalue weighted by molar-refractivity contribution is 7.12. The van der Waals surface area contributed by atoms with Crippen LogP contribution in [0.4, 0.5) is 11.5 Å². The van der Waals surface area contributed by atoms with Gasteiger partial charge in [-0.15, -0.1) is 23.7 Å². The summed E-state index contributed by atoms with van der Waals surface area (Å²) in [6, 6.07) is 5.89. The van der Waals surface area contributed by atoms with Gasteiger partial charge in [0.25, 0.3) is 5.91 Å². The molecule has 1 amide bonds. The summed E-state index contributed by atoms with van der Waals surface area (Å²) in [4.78, 5) is 19.7. The van der Waals surface area contributed by atoms with E-state index in [1.165, 1.54) is 11.3 Å². The van der Waals surface area contributed by atoms with E-state index in [2.05, 4.69) is 27.4 Å². The minimum absolute atomic E-state index is 0. The average Bonchev–Trinajstić information content (AvgIpc) is 3.05. The molecule has 7 heteroatoms. The van der Waals surface area contributed by atoms with Crippen molar-refractivity contribution in [1.29, 1.82) is 0 Å². The average molecular weight is 353 g/mol. The fraction of sp³-hybridized carbons (Fsp3) is 0.375. The zero-order valence-electron chi connectivity index (χ0n) is 13.0. The first-order valence-corrected chi connectivity index (χ1v) is 8.45. The summed E-state index contributed by atoms with van der Waals surface area (Å²) in [5.41, 5.74) is 2.19. The highest BCUT2D eigenvalue weighted by atomic mass is 35.5. The van der Waals surface area contributed by atoms with E-state index in [0.717, 1.165) is 48.7 Å². The molecule has 124 valence electrons. The molecule has 2 aromatic heterocycles. The van der Waals surface area contributed by atoms with Crippen LogP contribution in [-0.4, -0.2) is 37.1 Å². The molecule has 1 saturated heterocycles. The molecule has 1 fully saturated rings. The molecule has 23 heavy (non-hydrogen) atoms. The van der Waals surface area contributed by atoms with Crippen LogP contribution in [0, 0.1) is 0 Å². The number of thiophene rings is 1. The van der Waals surface area contributed by atoms with Crippen LogP contribution in [0.1, 0.15) is 22.2 Å². The van der Waals surface area contributed by atoms with E-state index in [4.69, 9.17) is 0 Å². The second-order valence-corrected chi connectivity index (χ2v) is 6.14. The number of amides is 1. The number of nitrogens with zero attached hydrogens (tertiary/aromatic N) is 2. The zero-order valence-corrected chi connectivity index (χ0v) is 14.7. The maximum atomic E-state index is 12.3. The number of anilines is 2. The van der Waals surface area contributed by atoms with Crippen molar-refractivity contribution in [2.75, 3.05) is 36.4 Å². The minimum atomic E-state index is -0.0747. The predicted octanol–water partition coefficient (Wildman–Crippen LogP) is 2.79. The van der Waals surface area contributed by atoms with Gasteiger partial charge < -0.3 is 15.5 Å². The van der Waals surface area contributed by atoms with Gasteiger partial charge in [0, 0.05) is 26.2 Å². The molecule has 0 radical (unpaired) electrons. The number of hydrogen-bond acceptors (Lipinski definition) is 5. The van der Waals surface area contributed by atoms with Crippen molar-refractivity contribution in [2.24, 2.45) is 0 Å². The molecule has 3 heterocycles. The van der Waals surface area contributed by atoms with Gasteiger partial charge in [0.2, 0.25) is 0 Å². The first-order chi connectivity index (χ1) is 10.8. The second-order valence-electron chi connectivity index (χ2n) is 5.22. The van der Waals surface area contributed by atoms with Crippen molar-refractivity contribution < 1.29 is 4.79 Å². The fourth-order valence-corrected chi connectivity index (χ4v) is 3.45. The Morgan fingerprint density at radius 3 is 2.78 bits per heavy atom. The summed E-state index contributed by atoms with van der Waals surface area (Å²) in [7, 11) is 0. The van der Waals surface area contributed by atoms with Gasteiger partial charge in [-0.05, 0) is 35.6 Å². The van der Waals surface area contributed by atoms with E-state index in [1.807, 2.05) is 29.8 Å². The summed E-state index contributed by atoms with van der Waals surface area (Å²) in [6.45, 7) is 6.03. The molecular formula is C16H21ClN4OS. The van der Waals surface area contributed by atoms with Gasteiger partial charge in [0.1, 0.15) is 5.82 Å². The Balaban J connectivity index is 0.00000192. The summed E-state index contributed by atoms with van der Waals surface area (Å²) in [6.07, 6.45) is 2.69. The van der Waals surface area contributed by atoms with Crippen molar-refractivity contribution in [2.45, 2.75) is 13.3 Å². The third-order valence-corrected chi connectivity index (χ3v) is 4.76. The lowest BCUT2D eigenvalue weighted by Crippen LogP contribution is -2.43. The number of halogens is 1. The van der Waals surface area contributed by atoms with E-state index in [-0.39, 0.29) is 18.3 Å². The Bertz CT molecular complexity index is 638. The molecule has 3 rings (SSSR count). The van der Waals surface area contributed by atoms with E-state index in [9.17, 15) is 4.79 Å². The van der Waals surface area contributed by atoms with E-state index in [1.54, 1.807) is 0 Å². The lowest BCUT2D eigenvalue weighted by atomic mass is 10.2. The Kier molecular flexibility index (Phi) is 6.38. The summed E-state index contributed by atoms with van der Waals surface area (Å²) >= 11 is 1.47. The van der Waals surface area contributed by atoms with Gasteiger partial charge in [-0.1, -0.05) is 6.92 Å². The predicted molar refractivity (Wildman–Crippen MR) is 98.2 cm³/mol. The molecule has 2 N–H and O–H groups in total. The quantitative estimate of drug-likeness (QED) is 0.888. The smallest absolute Gasteiger partial charge is 0.267 e. The minimum Gasteiger partial charge on any atom is -0.368 e. The van der Waals surface area contributed by atoms with E-state index in [0.29, 0.717) is 5.82 Å². The molecule has 0 unspecified atom stereocenters. The molecular weight excluding hydrogens is 332 g/mol. The second kappa shape index (κ2) is 8.29. The van der Waals surface area contributed by atoms with Crippen LogP contribution in [0.15, 0.2) is 29.8 Å².